The van der Waals surface area contributed by atoms with E-state index in [0.29, 0.717) is 13.2 Å². The Balaban J connectivity index is 2.54. The van der Waals surface area contributed by atoms with Gasteiger partial charge in [0.05, 0.1) is 18.8 Å². The van der Waals surface area contributed by atoms with Crippen LogP contribution in [0.2, 0.25) is 0 Å². The molecule has 0 aromatic carbocycles. The van der Waals surface area contributed by atoms with E-state index in [0.717, 1.165) is 0 Å². The average molecular weight is 172 g/mol. The molecule has 1 aliphatic heterocycles. The third-order valence-electron chi connectivity index (χ3n) is 2.08. The maximum atomic E-state index is 11.3. The van der Waals surface area contributed by atoms with Crippen LogP contribution >= 0.6 is 0 Å². The van der Waals surface area contributed by atoms with E-state index in [2.05, 4.69) is 5.32 Å². The SMILES string of the molecule is CNC(=O)N1CC(C)OCC1C. The quantitative estimate of drug-likeness (QED) is 0.576. The van der Waals surface area contributed by atoms with E-state index < -0.39 is 0 Å². The molecule has 1 N–H and O–H groups in total. The summed E-state index contributed by atoms with van der Waals surface area (Å²) in [7, 11) is 1.65. The largest absolute Gasteiger partial charge is 0.375 e. The van der Waals surface area contributed by atoms with Crippen LogP contribution in [0.3, 0.4) is 0 Å². The molecular weight excluding hydrogens is 156 g/mol. The molecule has 1 rings (SSSR count). The highest BCUT2D eigenvalue weighted by Gasteiger charge is 2.26. The predicted octanol–water partition coefficient (Wildman–Crippen LogP) is 0.435. The summed E-state index contributed by atoms with van der Waals surface area (Å²) in [5, 5.41) is 2.62. The number of ether oxygens (including phenoxy) is 1. The van der Waals surface area contributed by atoms with E-state index >= 15 is 0 Å². The first-order chi connectivity index (χ1) is 5.65. The number of hydrogen-bond acceptors (Lipinski definition) is 2. The second-order valence-corrected chi connectivity index (χ2v) is 3.20. The van der Waals surface area contributed by atoms with Crippen LogP contribution in [0.15, 0.2) is 0 Å². The van der Waals surface area contributed by atoms with Crippen LogP contribution < -0.4 is 5.32 Å². The predicted molar refractivity (Wildman–Crippen MR) is 46.0 cm³/mol. The van der Waals surface area contributed by atoms with Gasteiger partial charge in [0.1, 0.15) is 0 Å². The van der Waals surface area contributed by atoms with Crippen LogP contribution in [-0.2, 0) is 4.74 Å². The Bertz CT molecular complexity index is 172. The Morgan fingerprint density at radius 3 is 2.83 bits per heavy atom. The van der Waals surface area contributed by atoms with Gasteiger partial charge in [-0.05, 0) is 13.8 Å². The molecule has 0 aromatic rings. The first-order valence-electron chi connectivity index (χ1n) is 4.25. The van der Waals surface area contributed by atoms with E-state index in [1.807, 2.05) is 13.8 Å². The highest BCUT2D eigenvalue weighted by Crippen LogP contribution is 2.10. The number of morpholine rings is 1. The van der Waals surface area contributed by atoms with Gasteiger partial charge in [0, 0.05) is 13.6 Å². The number of nitrogens with one attached hydrogen (secondary N) is 1. The minimum absolute atomic E-state index is 0.0161. The molecule has 12 heavy (non-hydrogen) atoms. The average Bonchev–Trinajstić information content (AvgIpc) is 2.08. The number of carbonyl (C=O) groups is 1. The van der Waals surface area contributed by atoms with Gasteiger partial charge in [0.2, 0.25) is 0 Å². The second-order valence-electron chi connectivity index (χ2n) is 3.20. The smallest absolute Gasteiger partial charge is 0.317 e. The van der Waals surface area contributed by atoms with E-state index in [1.54, 1.807) is 11.9 Å². The van der Waals surface area contributed by atoms with Crippen molar-refractivity contribution < 1.29 is 9.53 Å². The van der Waals surface area contributed by atoms with Gasteiger partial charge in [-0.15, -0.1) is 0 Å². The van der Waals surface area contributed by atoms with Crippen molar-refractivity contribution in [2.75, 3.05) is 20.2 Å². The molecule has 2 amide bonds. The van der Waals surface area contributed by atoms with Crippen molar-refractivity contribution in [2.24, 2.45) is 0 Å². The summed E-state index contributed by atoms with van der Waals surface area (Å²) in [5.41, 5.74) is 0. The van der Waals surface area contributed by atoms with Crippen LogP contribution in [0, 0.1) is 0 Å². The van der Waals surface area contributed by atoms with E-state index in [-0.39, 0.29) is 18.2 Å². The fraction of sp³-hybridized carbons (Fsp3) is 0.875. The molecule has 1 saturated heterocycles. The van der Waals surface area contributed by atoms with Crippen LogP contribution in [0.25, 0.3) is 0 Å². The highest BCUT2D eigenvalue weighted by atomic mass is 16.5. The Kier molecular flexibility index (Phi) is 2.92. The molecule has 1 fully saturated rings. The molecule has 2 unspecified atom stereocenters. The monoisotopic (exact) mass is 172 g/mol. The molecule has 1 heterocycles. The maximum absolute atomic E-state index is 11.3. The first-order valence-corrected chi connectivity index (χ1v) is 4.25. The van der Waals surface area contributed by atoms with Crippen molar-refractivity contribution in [1.29, 1.82) is 0 Å². The van der Waals surface area contributed by atoms with Gasteiger partial charge in [-0.1, -0.05) is 0 Å². The van der Waals surface area contributed by atoms with Gasteiger partial charge in [0.25, 0.3) is 0 Å². The van der Waals surface area contributed by atoms with Crippen LogP contribution in [0.1, 0.15) is 13.8 Å². The number of rotatable bonds is 0. The zero-order valence-corrected chi connectivity index (χ0v) is 7.83. The third kappa shape index (κ3) is 1.88. The Hall–Kier alpha value is -0.770. The standard InChI is InChI=1S/C8H16N2O2/c1-6-5-12-7(2)4-10(6)8(11)9-3/h6-7H,4-5H2,1-3H3,(H,9,11). The van der Waals surface area contributed by atoms with Gasteiger partial charge in [-0.3, -0.25) is 0 Å². The van der Waals surface area contributed by atoms with Crippen molar-refractivity contribution in [2.45, 2.75) is 26.0 Å². The van der Waals surface area contributed by atoms with Crippen molar-refractivity contribution >= 4 is 6.03 Å². The van der Waals surface area contributed by atoms with Crippen LogP contribution in [0.5, 0.6) is 0 Å². The molecule has 0 aliphatic carbocycles. The molecular formula is C8H16N2O2. The Labute approximate surface area is 72.9 Å². The van der Waals surface area contributed by atoms with Crippen LogP contribution in [-0.4, -0.2) is 43.3 Å². The zero-order valence-electron chi connectivity index (χ0n) is 7.83. The second kappa shape index (κ2) is 3.76. The van der Waals surface area contributed by atoms with Gasteiger partial charge in [-0.25, -0.2) is 4.79 Å². The topological polar surface area (TPSA) is 41.6 Å². The van der Waals surface area contributed by atoms with Crippen molar-refractivity contribution in [1.82, 2.24) is 10.2 Å². The molecule has 0 bridgehead atoms. The number of nitrogens with zero attached hydrogens (tertiary/aromatic N) is 1. The van der Waals surface area contributed by atoms with Crippen molar-refractivity contribution in [3.8, 4) is 0 Å². The lowest BCUT2D eigenvalue weighted by molar-refractivity contribution is -0.0314. The number of carbonyl (C=O) groups excluding carboxylic acids is 1. The molecule has 0 aromatic heterocycles. The Morgan fingerprint density at radius 2 is 2.25 bits per heavy atom. The van der Waals surface area contributed by atoms with Crippen LogP contribution in [0.4, 0.5) is 4.79 Å². The van der Waals surface area contributed by atoms with Crippen molar-refractivity contribution in [3.05, 3.63) is 0 Å². The number of hydrogen-bond donors (Lipinski definition) is 1. The molecule has 2 atom stereocenters. The minimum atomic E-state index is -0.0161. The molecule has 70 valence electrons. The summed E-state index contributed by atoms with van der Waals surface area (Å²) >= 11 is 0. The van der Waals surface area contributed by atoms with Gasteiger partial charge in [-0.2, -0.15) is 0 Å². The normalized spacial score (nSPS) is 30.1. The molecule has 0 spiro atoms. The summed E-state index contributed by atoms with van der Waals surface area (Å²) in [4.78, 5) is 13.1. The summed E-state index contributed by atoms with van der Waals surface area (Å²) in [5.74, 6) is 0. The summed E-state index contributed by atoms with van der Waals surface area (Å²) < 4.78 is 5.39. The molecule has 4 nitrogen and oxygen atoms in total. The van der Waals surface area contributed by atoms with Gasteiger partial charge >= 0.3 is 6.03 Å². The lowest BCUT2D eigenvalue weighted by atomic mass is 10.2. The summed E-state index contributed by atoms with van der Waals surface area (Å²) in [6, 6.07) is 0.166. The van der Waals surface area contributed by atoms with E-state index in [9.17, 15) is 4.79 Å². The molecule has 1 aliphatic rings. The lowest BCUT2D eigenvalue weighted by Gasteiger charge is -2.36. The fourth-order valence-corrected chi connectivity index (χ4v) is 1.33. The highest BCUT2D eigenvalue weighted by molar-refractivity contribution is 5.74. The van der Waals surface area contributed by atoms with E-state index in [4.69, 9.17) is 4.74 Å². The Morgan fingerprint density at radius 1 is 1.58 bits per heavy atom. The zero-order chi connectivity index (χ0) is 9.14. The molecule has 0 saturated carbocycles. The number of urea groups is 1. The lowest BCUT2D eigenvalue weighted by Crippen LogP contribution is -2.52. The number of amides is 2. The maximum Gasteiger partial charge on any atom is 0.317 e. The van der Waals surface area contributed by atoms with Crippen molar-refractivity contribution in [3.63, 3.8) is 0 Å². The van der Waals surface area contributed by atoms with Gasteiger partial charge < -0.3 is 15.0 Å². The minimum Gasteiger partial charge on any atom is -0.375 e. The van der Waals surface area contributed by atoms with E-state index in [1.165, 1.54) is 0 Å². The molecule has 4 heteroatoms. The summed E-state index contributed by atoms with van der Waals surface area (Å²) in [6.07, 6.45) is 0.151. The summed E-state index contributed by atoms with van der Waals surface area (Å²) in [6.45, 7) is 5.28. The molecule has 0 radical (unpaired) electrons. The first kappa shape index (κ1) is 9.32. The van der Waals surface area contributed by atoms with Gasteiger partial charge in [0.15, 0.2) is 0 Å². The fourth-order valence-electron chi connectivity index (χ4n) is 1.33. The third-order valence-corrected chi connectivity index (χ3v) is 2.08.